The fourth-order valence-corrected chi connectivity index (χ4v) is 9.15. The molecule has 3 saturated heterocycles. The van der Waals surface area contributed by atoms with Crippen LogP contribution in [0.25, 0.3) is 11.3 Å². The normalized spacial score (nSPS) is 22.2. The Hall–Kier alpha value is -4.99. The summed E-state index contributed by atoms with van der Waals surface area (Å²) in [6.07, 6.45) is 4.22. The van der Waals surface area contributed by atoms with Crippen LogP contribution in [0.2, 0.25) is 0 Å². The number of nitrogens with one attached hydrogen (secondary N) is 4. The molecule has 0 radical (unpaired) electrons. The summed E-state index contributed by atoms with van der Waals surface area (Å²) in [5, 5.41) is 19.0. The number of ether oxygens (including phenoxy) is 2. The highest BCUT2D eigenvalue weighted by Crippen LogP contribution is 2.38. The van der Waals surface area contributed by atoms with Gasteiger partial charge >= 0.3 is 6.09 Å². The fourth-order valence-electron chi connectivity index (χ4n) is 9.15. The Morgan fingerprint density at radius 1 is 0.823 bits per heavy atom. The highest BCUT2D eigenvalue weighted by atomic mass is 16.6. The lowest BCUT2D eigenvalue weighted by molar-refractivity contribution is -0.147. The van der Waals surface area contributed by atoms with E-state index >= 15 is 0 Å². The monoisotopic (exact) mass is 857 g/mol. The molecule has 2 aromatic carbocycles. The van der Waals surface area contributed by atoms with Crippen LogP contribution in [0.15, 0.2) is 54.7 Å². The van der Waals surface area contributed by atoms with Crippen molar-refractivity contribution in [3.05, 3.63) is 71.7 Å². The third-order valence-electron chi connectivity index (χ3n) is 12.8. The average Bonchev–Trinajstić information content (AvgIpc) is 4.06. The molecule has 5 N–H and O–H groups in total. The molecule has 0 bridgehead atoms. The SMILES string of the molecule is COC(=O)NC(C(=O)N1CCCC1c1ncc(-c2ccc(N3CCC(NC(=O)C4CCCN4C(=O)C(NC(O)OC)C(C)C)CC3c3ccc(C(C)(C)C)cc3)cc2)[nH]1)C(C)C. The Bertz CT molecular complexity index is 2000. The summed E-state index contributed by atoms with van der Waals surface area (Å²) in [4.78, 5) is 67.6. The molecule has 3 aliphatic rings. The smallest absolute Gasteiger partial charge is 0.407 e. The van der Waals surface area contributed by atoms with Crippen molar-refractivity contribution < 1.29 is 33.8 Å². The Balaban J connectivity index is 1.18. The minimum Gasteiger partial charge on any atom is -0.453 e. The minimum absolute atomic E-state index is 0.00376. The predicted molar refractivity (Wildman–Crippen MR) is 238 cm³/mol. The molecule has 4 heterocycles. The largest absolute Gasteiger partial charge is 0.453 e. The number of rotatable bonds is 14. The van der Waals surface area contributed by atoms with Gasteiger partial charge in [-0.05, 0) is 84.6 Å². The molecule has 0 aliphatic carbocycles. The lowest BCUT2D eigenvalue weighted by Crippen LogP contribution is -2.57. The maximum Gasteiger partial charge on any atom is 0.407 e. The van der Waals surface area contributed by atoms with Crippen LogP contribution in [-0.2, 0) is 29.3 Å². The van der Waals surface area contributed by atoms with Crippen molar-refractivity contribution in [1.29, 1.82) is 0 Å². The summed E-state index contributed by atoms with van der Waals surface area (Å²) in [5.41, 5.74) is 5.29. The number of amides is 4. The topological polar surface area (TPSA) is 181 Å². The number of aromatic amines is 1. The number of piperidine rings is 1. The number of benzene rings is 2. The number of likely N-dealkylation sites (tertiary alicyclic amines) is 2. The molecule has 6 rings (SSSR count). The van der Waals surface area contributed by atoms with Gasteiger partial charge in [-0.1, -0.05) is 84.9 Å². The highest BCUT2D eigenvalue weighted by molar-refractivity contribution is 5.91. The summed E-state index contributed by atoms with van der Waals surface area (Å²) in [6.45, 7) is 16.0. The van der Waals surface area contributed by atoms with Crippen LogP contribution in [0.3, 0.4) is 0 Å². The number of aliphatic hydroxyl groups is 1. The molecule has 3 fully saturated rings. The zero-order valence-electron chi connectivity index (χ0n) is 37.9. The van der Waals surface area contributed by atoms with Gasteiger partial charge in [0.15, 0.2) is 0 Å². The molecule has 338 valence electrons. The summed E-state index contributed by atoms with van der Waals surface area (Å²) >= 11 is 0. The molecule has 3 aliphatic heterocycles. The Morgan fingerprint density at radius 2 is 1.47 bits per heavy atom. The molecule has 4 amide bonds. The van der Waals surface area contributed by atoms with Gasteiger partial charge in [-0.3, -0.25) is 19.7 Å². The van der Waals surface area contributed by atoms with Crippen LogP contribution in [0, 0.1) is 11.8 Å². The zero-order chi connectivity index (χ0) is 44.9. The Labute approximate surface area is 366 Å². The molecule has 1 aromatic heterocycles. The standard InChI is InChI=1S/C47H68N8O7/c1-28(2)39(51-45(59)61-8)43(57)54-23-10-12-36(54)41-48-27-35(50-41)30-16-20-34(21-17-30)53-25-22-33(26-38(53)31-14-18-32(19-15-31)47(5,6)7)49-42(56)37-13-11-24-55(37)44(58)40(29(3)4)52-46(60)62-9/h14-21,27-29,33,36-40,46,52,60H,10-13,22-26H2,1-9H3,(H,48,50)(H,49,56)(H,51,59). The second kappa shape index (κ2) is 20.0. The number of aliphatic hydroxyl groups excluding tert-OH is 1. The van der Waals surface area contributed by atoms with Crippen molar-refractivity contribution in [2.45, 2.75) is 135 Å². The number of carbonyl (C=O) groups excluding carboxylic acids is 4. The van der Waals surface area contributed by atoms with Gasteiger partial charge in [0.1, 0.15) is 17.9 Å². The first-order chi connectivity index (χ1) is 29.5. The maximum absolute atomic E-state index is 14.0. The van der Waals surface area contributed by atoms with E-state index in [1.54, 1.807) is 4.90 Å². The van der Waals surface area contributed by atoms with Crippen molar-refractivity contribution in [1.82, 2.24) is 35.7 Å². The van der Waals surface area contributed by atoms with Crippen molar-refractivity contribution in [3.63, 3.8) is 0 Å². The van der Waals surface area contributed by atoms with Crippen LogP contribution in [0.5, 0.6) is 0 Å². The Morgan fingerprint density at radius 3 is 2.10 bits per heavy atom. The first-order valence-corrected chi connectivity index (χ1v) is 22.3. The van der Waals surface area contributed by atoms with Gasteiger partial charge in [0, 0.05) is 38.5 Å². The van der Waals surface area contributed by atoms with E-state index in [9.17, 15) is 24.3 Å². The van der Waals surface area contributed by atoms with Crippen LogP contribution in [-0.4, -0.2) is 113 Å². The van der Waals surface area contributed by atoms with Gasteiger partial charge in [-0.25, -0.2) is 9.78 Å². The zero-order valence-corrected chi connectivity index (χ0v) is 37.9. The van der Waals surface area contributed by atoms with E-state index in [0.717, 1.165) is 48.2 Å². The second-order valence-electron chi connectivity index (χ2n) is 18.8. The van der Waals surface area contributed by atoms with E-state index in [0.29, 0.717) is 38.3 Å². The first-order valence-electron chi connectivity index (χ1n) is 22.3. The first kappa shape index (κ1) is 46.5. The molecular weight excluding hydrogens is 789 g/mol. The van der Waals surface area contributed by atoms with Crippen molar-refractivity contribution in [3.8, 4) is 11.3 Å². The van der Waals surface area contributed by atoms with Gasteiger partial charge in [-0.15, -0.1) is 0 Å². The van der Waals surface area contributed by atoms with Crippen molar-refractivity contribution >= 4 is 29.5 Å². The maximum atomic E-state index is 14.0. The third-order valence-corrected chi connectivity index (χ3v) is 12.8. The number of aromatic nitrogens is 2. The summed E-state index contributed by atoms with van der Waals surface area (Å²) < 4.78 is 9.76. The molecule has 7 unspecified atom stereocenters. The van der Waals surface area contributed by atoms with E-state index in [1.165, 1.54) is 19.8 Å². The number of hydrogen-bond donors (Lipinski definition) is 5. The van der Waals surface area contributed by atoms with E-state index < -0.39 is 30.6 Å². The second-order valence-corrected chi connectivity index (χ2v) is 18.8. The molecule has 0 saturated carbocycles. The summed E-state index contributed by atoms with van der Waals surface area (Å²) in [5.74, 6) is -0.0362. The summed E-state index contributed by atoms with van der Waals surface area (Å²) in [6, 6.07) is 14.9. The molecule has 3 aromatic rings. The number of carbonyl (C=O) groups is 4. The van der Waals surface area contributed by atoms with E-state index in [1.807, 2.05) is 38.8 Å². The lowest BCUT2D eigenvalue weighted by Gasteiger charge is -2.42. The number of anilines is 1. The molecule has 15 nitrogen and oxygen atoms in total. The van der Waals surface area contributed by atoms with Gasteiger partial charge in [0.25, 0.3) is 0 Å². The summed E-state index contributed by atoms with van der Waals surface area (Å²) in [7, 11) is 2.66. The Kier molecular flexibility index (Phi) is 15.0. The molecule has 0 spiro atoms. The third kappa shape index (κ3) is 10.6. The fraction of sp³-hybridized carbons (Fsp3) is 0.596. The van der Waals surface area contributed by atoms with Crippen LogP contribution >= 0.6 is 0 Å². The lowest BCUT2D eigenvalue weighted by atomic mass is 9.84. The van der Waals surface area contributed by atoms with Crippen molar-refractivity contribution in [2.24, 2.45) is 11.8 Å². The van der Waals surface area contributed by atoms with Crippen LogP contribution < -0.4 is 20.9 Å². The van der Waals surface area contributed by atoms with Crippen molar-refractivity contribution in [2.75, 3.05) is 38.8 Å². The van der Waals surface area contributed by atoms with E-state index in [4.69, 9.17) is 14.5 Å². The van der Waals surface area contributed by atoms with Crippen LogP contribution in [0.4, 0.5) is 10.5 Å². The van der Waals surface area contributed by atoms with Gasteiger partial charge in [-0.2, -0.15) is 0 Å². The number of nitrogens with zero attached hydrogens (tertiary/aromatic N) is 4. The number of methoxy groups -OCH3 is 2. The molecule has 62 heavy (non-hydrogen) atoms. The quantitative estimate of drug-likeness (QED) is 0.125. The number of hydrogen-bond acceptors (Lipinski definition) is 10. The van der Waals surface area contributed by atoms with E-state index in [2.05, 4.69) is 95.1 Å². The number of H-pyrrole nitrogens is 1. The van der Waals surface area contributed by atoms with Gasteiger partial charge in [0.05, 0.1) is 37.1 Å². The minimum atomic E-state index is -1.29. The van der Waals surface area contributed by atoms with Gasteiger partial charge in [0.2, 0.25) is 24.1 Å². The van der Waals surface area contributed by atoms with Crippen LogP contribution in [0.1, 0.15) is 116 Å². The number of alkyl carbamates (subject to hydrolysis) is 1. The predicted octanol–water partition coefficient (Wildman–Crippen LogP) is 5.77. The molecule has 7 atom stereocenters. The number of imidazole rings is 1. The molecular formula is C47H68N8O7. The average molecular weight is 857 g/mol. The van der Waals surface area contributed by atoms with E-state index in [-0.39, 0.29) is 53.1 Å². The highest BCUT2D eigenvalue weighted by Gasteiger charge is 2.41. The molecule has 15 heteroatoms. The van der Waals surface area contributed by atoms with Gasteiger partial charge < -0.3 is 44.9 Å².